The molecule has 0 spiro atoms. The third-order valence-corrected chi connectivity index (χ3v) is 8.51. The monoisotopic (exact) mass is 433 g/mol. The molecule has 4 unspecified atom stereocenters. The second-order valence-corrected chi connectivity index (χ2v) is 10.4. The predicted octanol–water partition coefficient (Wildman–Crippen LogP) is 5.97. The van der Waals surface area contributed by atoms with Gasteiger partial charge in [-0.1, -0.05) is 62.8 Å². The summed E-state index contributed by atoms with van der Waals surface area (Å²) in [6.07, 6.45) is 11.5. The molecule has 3 heteroatoms. The summed E-state index contributed by atoms with van der Waals surface area (Å²) in [6, 6.07) is 8.78. The molecule has 172 valence electrons. The average Bonchev–Trinajstić information content (AvgIpc) is 3.26. The minimum atomic E-state index is -0.465. The fourth-order valence-electron chi connectivity index (χ4n) is 6.40. The summed E-state index contributed by atoms with van der Waals surface area (Å²) in [5.41, 5.74) is 4.78. The van der Waals surface area contributed by atoms with E-state index in [4.69, 9.17) is 0 Å². The summed E-state index contributed by atoms with van der Waals surface area (Å²) in [7, 11) is 0. The summed E-state index contributed by atoms with van der Waals surface area (Å²) in [4.78, 5) is 26.8. The van der Waals surface area contributed by atoms with Crippen LogP contribution in [0.3, 0.4) is 0 Å². The van der Waals surface area contributed by atoms with Crippen LogP contribution in [-0.4, -0.2) is 18.1 Å². The SMILES string of the molecule is CCC1C(=O)C2=C(NCC(CC3(CC)CC=CC3)C2Cc2ccc(C)cc2)C(CC)C1=O. The zero-order valence-electron chi connectivity index (χ0n) is 20.2. The van der Waals surface area contributed by atoms with Crippen molar-refractivity contribution < 1.29 is 9.59 Å². The zero-order chi connectivity index (χ0) is 22.9. The Kier molecular flexibility index (Phi) is 6.74. The van der Waals surface area contributed by atoms with Crippen molar-refractivity contribution in [3.63, 3.8) is 0 Å². The van der Waals surface area contributed by atoms with Crippen LogP contribution in [0.15, 0.2) is 47.7 Å². The summed E-state index contributed by atoms with van der Waals surface area (Å²) >= 11 is 0. The molecule has 32 heavy (non-hydrogen) atoms. The van der Waals surface area contributed by atoms with Gasteiger partial charge in [-0.05, 0) is 74.7 Å². The van der Waals surface area contributed by atoms with Gasteiger partial charge in [0.05, 0.1) is 11.8 Å². The molecule has 4 atom stereocenters. The molecule has 0 saturated heterocycles. The van der Waals surface area contributed by atoms with E-state index in [9.17, 15) is 9.59 Å². The molecule has 2 aliphatic carbocycles. The van der Waals surface area contributed by atoms with Gasteiger partial charge in [-0.2, -0.15) is 0 Å². The molecule has 0 fully saturated rings. The van der Waals surface area contributed by atoms with Crippen molar-refractivity contribution in [2.75, 3.05) is 6.54 Å². The summed E-state index contributed by atoms with van der Waals surface area (Å²) < 4.78 is 0. The van der Waals surface area contributed by atoms with Crippen LogP contribution in [0.1, 0.15) is 70.4 Å². The van der Waals surface area contributed by atoms with Crippen LogP contribution >= 0.6 is 0 Å². The van der Waals surface area contributed by atoms with E-state index in [1.54, 1.807) is 0 Å². The second-order valence-electron chi connectivity index (χ2n) is 10.4. The molecule has 1 aromatic carbocycles. The molecule has 0 bridgehead atoms. The van der Waals surface area contributed by atoms with Gasteiger partial charge >= 0.3 is 0 Å². The van der Waals surface area contributed by atoms with Crippen LogP contribution in [0, 0.1) is 36.0 Å². The van der Waals surface area contributed by atoms with Gasteiger partial charge in [0.1, 0.15) is 0 Å². The zero-order valence-corrected chi connectivity index (χ0v) is 20.2. The highest BCUT2D eigenvalue weighted by Gasteiger charge is 2.48. The van der Waals surface area contributed by atoms with E-state index in [2.05, 4.69) is 62.5 Å². The van der Waals surface area contributed by atoms with E-state index in [1.165, 1.54) is 17.5 Å². The number of carbonyl (C=O) groups excluding carboxylic acids is 2. The topological polar surface area (TPSA) is 46.2 Å². The molecule has 3 aliphatic rings. The highest BCUT2D eigenvalue weighted by molar-refractivity contribution is 6.15. The Morgan fingerprint density at radius 2 is 1.62 bits per heavy atom. The molecular formula is C29H39NO2. The van der Waals surface area contributed by atoms with Crippen molar-refractivity contribution in [3.8, 4) is 0 Å². The van der Waals surface area contributed by atoms with Crippen LogP contribution in [0.25, 0.3) is 0 Å². The normalized spacial score (nSPS) is 29.2. The van der Waals surface area contributed by atoms with E-state index in [0.717, 1.165) is 49.9 Å². The van der Waals surface area contributed by atoms with E-state index in [1.807, 2.05) is 6.92 Å². The van der Waals surface area contributed by atoms with Crippen molar-refractivity contribution in [3.05, 3.63) is 58.8 Å². The van der Waals surface area contributed by atoms with Crippen LogP contribution in [-0.2, 0) is 16.0 Å². The lowest BCUT2D eigenvalue weighted by atomic mass is 9.63. The fraction of sp³-hybridized carbons (Fsp3) is 0.586. The number of aryl methyl sites for hydroxylation is 1. The lowest BCUT2D eigenvalue weighted by molar-refractivity contribution is -0.135. The molecule has 0 amide bonds. The summed E-state index contributed by atoms with van der Waals surface area (Å²) in [5.74, 6) is 0.199. The number of rotatable bonds is 7. The van der Waals surface area contributed by atoms with Crippen molar-refractivity contribution in [1.82, 2.24) is 5.32 Å². The van der Waals surface area contributed by atoms with Gasteiger partial charge in [0.2, 0.25) is 0 Å². The molecule has 3 nitrogen and oxygen atoms in total. The maximum absolute atomic E-state index is 13.7. The third kappa shape index (κ3) is 4.11. The molecule has 1 heterocycles. The van der Waals surface area contributed by atoms with Gasteiger partial charge in [-0.25, -0.2) is 0 Å². The first kappa shape index (κ1) is 23.0. The molecule has 0 radical (unpaired) electrons. The van der Waals surface area contributed by atoms with Crippen LogP contribution in [0.5, 0.6) is 0 Å². The van der Waals surface area contributed by atoms with Gasteiger partial charge in [0, 0.05) is 17.8 Å². The Balaban J connectivity index is 1.75. The fourth-order valence-corrected chi connectivity index (χ4v) is 6.40. The molecule has 4 rings (SSSR count). The molecule has 0 saturated carbocycles. The first-order valence-electron chi connectivity index (χ1n) is 12.7. The quantitative estimate of drug-likeness (QED) is 0.426. The molecule has 1 aromatic rings. The number of Topliss-reactive ketones (excluding diaryl/α,β-unsaturated/α-hetero) is 2. The van der Waals surface area contributed by atoms with Gasteiger partial charge in [-0.15, -0.1) is 0 Å². The van der Waals surface area contributed by atoms with Crippen molar-refractivity contribution in [1.29, 1.82) is 0 Å². The van der Waals surface area contributed by atoms with Crippen molar-refractivity contribution in [2.45, 2.75) is 72.6 Å². The van der Waals surface area contributed by atoms with Crippen LogP contribution < -0.4 is 5.32 Å². The van der Waals surface area contributed by atoms with Crippen LogP contribution in [0.4, 0.5) is 0 Å². The predicted molar refractivity (Wildman–Crippen MR) is 130 cm³/mol. The first-order chi connectivity index (χ1) is 15.4. The molecule has 0 aromatic heterocycles. The minimum absolute atomic E-state index is 0.0987. The number of carbonyl (C=O) groups is 2. The third-order valence-electron chi connectivity index (χ3n) is 8.51. The number of benzene rings is 1. The molecule has 1 N–H and O–H groups in total. The van der Waals surface area contributed by atoms with Gasteiger partial charge in [0.25, 0.3) is 0 Å². The Morgan fingerprint density at radius 3 is 2.22 bits per heavy atom. The summed E-state index contributed by atoms with van der Waals surface area (Å²) in [5, 5.41) is 3.64. The average molecular weight is 434 g/mol. The number of allylic oxidation sites excluding steroid dienone is 4. The highest BCUT2D eigenvalue weighted by atomic mass is 16.2. The van der Waals surface area contributed by atoms with Gasteiger partial charge in [-0.3, -0.25) is 9.59 Å². The second kappa shape index (κ2) is 9.37. The minimum Gasteiger partial charge on any atom is -0.387 e. The van der Waals surface area contributed by atoms with Crippen molar-refractivity contribution in [2.24, 2.45) is 29.1 Å². The van der Waals surface area contributed by atoms with Crippen LogP contribution in [0.2, 0.25) is 0 Å². The maximum atomic E-state index is 13.7. The Bertz CT molecular complexity index is 915. The number of hydrogen-bond donors (Lipinski definition) is 1. The smallest absolute Gasteiger partial charge is 0.171 e. The number of nitrogens with one attached hydrogen (secondary N) is 1. The summed E-state index contributed by atoms with van der Waals surface area (Å²) in [6.45, 7) is 9.36. The highest BCUT2D eigenvalue weighted by Crippen LogP contribution is 2.48. The maximum Gasteiger partial charge on any atom is 0.171 e. The van der Waals surface area contributed by atoms with Gasteiger partial charge < -0.3 is 5.32 Å². The van der Waals surface area contributed by atoms with E-state index in [-0.39, 0.29) is 23.4 Å². The standard InChI is InChI=1S/C29H39NO2/c1-5-22-26-25(28(32)23(6-2)27(22)31)24(16-20-12-10-19(4)11-13-20)21(18-30-26)17-29(7-3)14-8-9-15-29/h8-13,21-24,30H,5-7,14-18H2,1-4H3. The first-order valence-corrected chi connectivity index (χ1v) is 12.7. The molecular weight excluding hydrogens is 394 g/mol. The van der Waals surface area contributed by atoms with Crippen molar-refractivity contribution >= 4 is 11.6 Å². The van der Waals surface area contributed by atoms with E-state index in [0.29, 0.717) is 17.8 Å². The lowest BCUT2D eigenvalue weighted by Gasteiger charge is -2.44. The Hall–Kier alpha value is -2.16. The molecule has 1 aliphatic heterocycles. The lowest BCUT2D eigenvalue weighted by Crippen LogP contribution is -2.50. The Morgan fingerprint density at radius 1 is 0.969 bits per heavy atom. The largest absolute Gasteiger partial charge is 0.387 e. The number of ketones is 2. The number of hydrogen-bond acceptors (Lipinski definition) is 3. The Labute approximate surface area is 193 Å². The van der Waals surface area contributed by atoms with E-state index >= 15 is 0 Å². The van der Waals surface area contributed by atoms with E-state index < -0.39 is 5.92 Å². The van der Waals surface area contributed by atoms with Gasteiger partial charge in [0.15, 0.2) is 11.6 Å².